The maximum absolute atomic E-state index is 11.7. The summed E-state index contributed by atoms with van der Waals surface area (Å²) in [6.45, 7) is 0.252. The number of hydrogen-bond donors (Lipinski definition) is 3. The number of aromatic nitrogens is 1. The lowest BCUT2D eigenvalue weighted by atomic mass is 10.2. The molecule has 0 aliphatic heterocycles. The van der Waals surface area contributed by atoms with Gasteiger partial charge in [-0.15, -0.1) is 0 Å². The number of amides is 1. The topological polar surface area (TPSA) is 82.2 Å². The van der Waals surface area contributed by atoms with E-state index in [2.05, 4.69) is 10.3 Å². The predicted molar refractivity (Wildman–Crippen MR) is 66.3 cm³/mol. The van der Waals surface area contributed by atoms with E-state index in [1.165, 1.54) is 18.5 Å². The number of carbonyl (C=O) groups excluding carboxylic acids is 1. The van der Waals surface area contributed by atoms with Crippen molar-refractivity contribution in [3.05, 3.63) is 64.1 Å². The second-order valence-corrected chi connectivity index (χ2v) is 3.77. The quantitative estimate of drug-likeness (QED) is 0.753. The van der Waals surface area contributed by atoms with Crippen molar-refractivity contribution in [1.29, 1.82) is 0 Å². The first kappa shape index (κ1) is 11.9. The van der Waals surface area contributed by atoms with Crippen molar-refractivity contribution in [2.75, 3.05) is 0 Å². The van der Waals surface area contributed by atoms with E-state index in [9.17, 15) is 14.7 Å². The summed E-state index contributed by atoms with van der Waals surface area (Å²) in [4.78, 5) is 25.8. The molecule has 0 saturated carbocycles. The minimum atomic E-state index is -0.444. The fourth-order valence-corrected chi connectivity index (χ4v) is 1.54. The fourth-order valence-electron chi connectivity index (χ4n) is 1.54. The zero-order chi connectivity index (χ0) is 13.0. The monoisotopic (exact) mass is 244 g/mol. The summed E-state index contributed by atoms with van der Waals surface area (Å²) in [6.07, 6.45) is 2.83. The minimum Gasteiger partial charge on any atom is -0.508 e. The number of benzene rings is 1. The Labute approximate surface area is 103 Å². The molecular formula is C13H12N2O3. The van der Waals surface area contributed by atoms with Gasteiger partial charge in [-0.05, 0) is 17.7 Å². The number of pyridine rings is 1. The number of hydrogen-bond acceptors (Lipinski definition) is 3. The molecular weight excluding hydrogens is 232 g/mol. The zero-order valence-electron chi connectivity index (χ0n) is 9.51. The Morgan fingerprint density at radius 1 is 1.33 bits per heavy atom. The normalized spacial score (nSPS) is 10.0. The molecule has 0 aliphatic rings. The summed E-state index contributed by atoms with van der Waals surface area (Å²) in [6, 6.07) is 7.85. The van der Waals surface area contributed by atoms with Gasteiger partial charge in [0.05, 0.1) is 0 Å². The lowest BCUT2D eigenvalue weighted by Crippen LogP contribution is -2.27. The third kappa shape index (κ3) is 2.76. The van der Waals surface area contributed by atoms with Gasteiger partial charge < -0.3 is 15.4 Å². The zero-order valence-corrected chi connectivity index (χ0v) is 9.51. The Morgan fingerprint density at radius 2 is 2.17 bits per heavy atom. The number of aromatic amines is 1. The second kappa shape index (κ2) is 5.18. The molecule has 1 amide bonds. The molecule has 0 fully saturated rings. The van der Waals surface area contributed by atoms with Crippen LogP contribution in [-0.4, -0.2) is 16.0 Å². The van der Waals surface area contributed by atoms with Crippen LogP contribution in [0.25, 0.3) is 0 Å². The van der Waals surface area contributed by atoms with Crippen molar-refractivity contribution in [2.45, 2.75) is 6.54 Å². The van der Waals surface area contributed by atoms with Gasteiger partial charge in [0.2, 0.25) is 0 Å². The standard InChI is InChI=1S/C13H12N2O3/c16-10-3-1-2-9(6-10)7-15-13(18)11-8-14-5-4-12(11)17/h1-6,8,16H,7H2,(H,14,17)(H,15,18). The predicted octanol–water partition coefficient (Wildman–Crippen LogP) is 1.01. The molecule has 0 aliphatic carbocycles. The van der Waals surface area contributed by atoms with Crippen LogP contribution >= 0.6 is 0 Å². The molecule has 5 heteroatoms. The number of H-pyrrole nitrogens is 1. The highest BCUT2D eigenvalue weighted by Crippen LogP contribution is 2.10. The van der Waals surface area contributed by atoms with Gasteiger partial charge in [0.15, 0.2) is 5.43 Å². The maximum atomic E-state index is 11.7. The molecule has 1 heterocycles. The largest absolute Gasteiger partial charge is 0.508 e. The van der Waals surface area contributed by atoms with Gasteiger partial charge in [-0.1, -0.05) is 12.1 Å². The molecule has 1 aromatic heterocycles. The lowest BCUT2D eigenvalue weighted by molar-refractivity contribution is 0.0949. The molecule has 92 valence electrons. The van der Waals surface area contributed by atoms with Crippen molar-refractivity contribution >= 4 is 5.91 Å². The van der Waals surface area contributed by atoms with Gasteiger partial charge in [-0.2, -0.15) is 0 Å². The number of rotatable bonds is 3. The highest BCUT2D eigenvalue weighted by atomic mass is 16.3. The number of aromatic hydroxyl groups is 1. The molecule has 0 atom stereocenters. The average Bonchev–Trinajstić information content (AvgIpc) is 2.37. The third-order valence-electron chi connectivity index (χ3n) is 2.43. The summed E-state index contributed by atoms with van der Waals surface area (Å²) in [5.74, 6) is -0.306. The van der Waals surface area contributed by atoms with E-state index in [1.807, 2.05) is 0 Å². The van der Waals surface area contributed by atoms with Crippen LogP contribution in [0.15, 0.2) is 47.5 Å². The van der Waals surface area contributed by atoms with E-state index in [-0.39, 0.29) is 23.3 Å². The van der Waals surface area contributed by atoms with Crippen molar-refractivity contribution in [2.24, 2.45) is 0 Å². The molecule has 0 bridgehead atoms. The maximum Gasteiger partial charge on any atom is 0.257 e. The Bertz CT molecular complexity index is 619. The third-order valence-corrected chi connectivity index (χ3v) is 2.43. The van der Waals surface area contributed by atoms with Crippen LogP contribution in [0.2, 0.25) is 0 Å². The minimum absolute atomic E-state index is 0.0673. The highest BCUT2D eigenvalue weighted by Gasteiger charge is 2.08. The van der Waals surface area contributed by atoms with Crippen molar-refractivity contribution < 1.29 is 9.90 Å². The summed E-state index contributed by atoms with van der Waals surface area (Å²) >= 11 is 0. The Balaban J connectivity index is 2.05. The summed E-state index contributed by atoms with van der Waals surface area (Å²) in [5.41, 5.74) is 0.496. The van der Waals surface area contributed by atoms with Crippen molar-refractivity contribution in [3.8, 4) is 5.75 Å². The fraction of sp³-hybridized carbons (Fsp3) is 0.0769. The highest BCUT2D eigenvalue weighted by molar-refractivity contribution is 5.93. The van der Waals surface area contributed by atoms with E-state index in [1.54, 1.807) is 24.3 Å². The molecule has 0 radical (unpaired) electrons. The number of nitrogens with one attached hydrogen (secondary N) is 2. The first-order valence-electron chi connectivity index (χ1n) is 5.40. The second-order valence-electron chi connectivity index (χ2n) is 3.77. The molecule has 3 N–H and O–H groups in total. The Kier molecular flexibility index (Phi) is 3.43. The van der Waals surface area contributed by atoms with Gasteiger partial charge in [0.1, 0.15) is 11.3 Å². The van der Waals surface area contributed by atoms with Gasteiger partial charge in [-0.25, -0.2) is 0 Å². The van der Waals surface area contributed by atoms with E-state index >= 15 is 0 Å². The van der Waals surface area contributed by atoms with Gasteiger partial charge in [-0.3, -0.25) is 9.59 Å². The van der Waals surface area contributed by atoms with Crippen LogP contribution in [0.5, 0.6) is 5.75 Å². The van der Waals surface area contributed by atoms with E-state index in [0.717, 1.165) is 5.56 Å². The molecule has 0 spiro atoms. The Morgan fingerprint density at radius 3 is 2.89 bits per heavy atom. The number of phenols is 1. The van der Waals surface area contributed by atoms with E-state index in [0.29, 0.717) is 0 Å². The van der Waals surface area contributed by atoms with Crippen LogP contribution in [-0.2, 0) is 6.54 Å². The van der Waals surface area contributed by atoms with Crippen LogP contribution in [0.1, 0.15) is 15.9 Å². The van der Waals surface area contributed by atoms with Gasteiger partial charge >= 0.3 is 0 Å². The SMILES string of the molecule is O=C(NCc1cccc(O)c1)c1c[nH]ccc1=O. The molecule has 18 heavy (non-hydrogen) atoms. The Hall–Kier alpha value is -2.56. The number of carbonyl (C=O) groups is 1. The van der Waals surface area contributed by atoms with Crippen molar-refractivity contribution in [3.63, 3.8) is 0 Å². The van der Waals surface area contributed by atoms with Crippen LogP contribution < -0.4 is 10.7 Å². The molecule has 2 aromatic rings. The van der Waals surface area contributed by atoms with Gasteiger partial charge in [0, 0.05) is 25.0 Å². The van der Waals surface area contributed by atoms with Crippen LogP contribution in [0.3, 0.4) is 0 Å². The first-order valence-corrected chi connectivity index (χ1v) is 5.40. The lowest BCUT2D eigenvalue weighted by Gasteiger charge is -2.05. The molecule has 2 rings (SSSR count). The summed E-state index contributed by atoms with van der Waals surface area (Å²) in [5, 5.41) is 11.9. The van der Waals surface area contributed by atoms with Gasteiger partial charge in [0.25, 0.3) is 5.91 Å². The first-order chi connectivity index (χ1) is 8.66. The summed E-state index contributed by atoms with van der Waals surface area (Å²) in [7, 11) is 0. The van der Waals surface area contributed by atoms with Crippen molar-refractivity contribution in [1.82, 2.24) is 10.3 Å². The van der Waals surface area contributed by atoms with Crippen LogP contribution in [0, 0.1) is 0 Å². The summed E-state index contributed by atoms with van der Waals surface area (Å²) < 4.78 is 0. The average molecular weight is 244 g/mol. The molecule has 5 nitrogen and oxygen atoms in total. The molecule has 0 unspecified atom stereocenters. The molecule has 0 saturated heterocycles. The van der Waals surface area contributed by atoms with E-state index < -0.39 is 5.91 Å². The smallest absolute Gasteiger partial charge is 0.257 e. The number of phenolic OH excluding ortho intramolecular Hbond substituents is 1. The molecule has 1 aromatic carbocycles. The van der Waals surface area contributed by atoms with Crippen LogP contribution in [0.4, 0.5) is 0 Å². The van der Waals surface area contributed by atoms with E-state index in [4.69, 9.17) is 0 Å².